The Hall–Kier alpha value is -2.69. The first-order valence-electron chi connectivity index (χ1n) is 6.86. The van der Waals surface area contributed by atoms with Crippen molar-refractivity contribution in [2.75, 3.05) is 17.2 Å². The molecule has 0 aromatic heterocycles. The second kappa shape index (κ2) is 6.85. The van der Waals surface area contributed by atoms with Crippen LogP contribution in [0.4, 0.5) is 15.8 Å². The van der Waals surface area contributed by atoms with Crippen molar-refractivity contribution in [2.45, 2.75) is 13.8 Å². The quantitative estimate of drug-likeness (QED) is 0.832. The van der Waals surface area contributed by atoms with Gasteiger partial charge in [0.15, 0.2) is 5.78 Å². The molecule has 0 radical (unpaired) electrons. The van der Waals surface area contributed by atoms with Crippen LogP contribution in [0.15, 0.2) is 42.5 Å². The standard InChI is InChI=1S/C17H17FN2O2/c1-11-6-7-16(15(18)8-11)19-10-17(22)20-14-5-3-4-13(9-14)12(2)21/h3-9,19H,10H2,1-2H3,(H,20,22). The number of ketones is 1. The summed E-state index contributed by atoms with van der Waals surface area (Å²) in [5.74, 6) is -0.789. The Bertz CT molecular complexity index is 714. The minimum atomic E-state index is -0.397. The molecular formula is C17H17FN2O2. The van der Waals surface area contributed by atoms with Gasteiger partial charge in [0, 0.05) is 11.3 Å². The topological polar surface area (TPSA) is 58.2 Å². The maximum absolute atomic E-state index is 13.6. The van der Waals surface area contributed by atoms with Crippen LogP contribution in [-0.2, 0) is 4.79 Å². The highest BCUT2D eigenvalue weighted by Gasteiger charge is 2.07. The predicted molar refractivity (Wildman–Crippen MR) is 84.7 cm³/mol. The summed E-state index contributed by atoms with van der Waals surface area (Å²) in [5, 5.41) is 5.41. The second-order valence-corrected chi connectivity index (χ2v) is 5.02. The zero-order valence-corrected chi connectivity index (χ0v) is 12.4. The highest BCUT2D eigenvalue weighted by atomic mass is 19.1. The van der Waals surface area contributed by atoms with Crippen LogP contribution in [0.3, 0.4) is 0 Å². The minimum absolute atomic E-state index is 0.0652. The molecule has 0 heterocycles. The van der Waals surface area contributed by atoms with E-state index in [0.717, 1.165) is 5.56 Å². The van der Waals surface area contributed by atoms with Gasteiger partial charge in [-0.2, -0.15) is 0 Å². The van der Waals surface area contributed by atoms with Gasteiger partial charge in [0.05, 0.1) is 12.2 Å². The van der Waals surface area contributed by atoms with E-state index in [9.17, 15) is 14.0 Å². The van der Waals surface area contributed by atoms with Gasteiger partial charge in [-0.05, 0) is 43.7 Å². The lowest BCUT2D eigenvalue weighted by atomic mass is 10.1. The lowest BCUT2D eigenvalue weighted by molar-refractivity contribution is -0.114. The Labute approximate surface area is 128 Å². The number of hydrogen-bond donors (Lipinski definition) is 2. The number of carbonyl (C=O) groups is 2. The lowest BCUT2D eigenvalue weighted by Crippen LogP contribution is -2.22. The van der Waals surface area contributed by atoms with Gasteiger partial charge in [0.1, 0.15) is 5.82 Å². The van der Waals surface area contributed by atoms with Crippen LogP contribution in [0.1, 0.15) is 22.8 Å². The normalized spacial score (nSPS) is 10.1. The van der Waals surface area contributed by atoms with Crippen molar-refractivity contribution in [3.05, 3.63) is 59.4 Å². The number of hydrogen-bond acceptors (Lipinski definition) is 3. The summed E-state index contributed by atoms with van der Waals surface area (Å²) < 4.78 is 13.6. The van der Waals surface area contributed by atoms with Crippen molar-refractivity contribution in [1.29, 1.82) is 0 Å². The molecule has 2 aromatic carbocycles. The van der Waals surface area contributed by atoms with Crippen molar-refractivity contribution in [1.82, 2.24) is 0 Å². The number of anilines is 2. The number of benzene rings is 2. The highest BCUT2D eigenvalue weighted by molar-refractivity contribution is 5.98. The SMILES string of the molecule is CC(=O)c1cccc(NC(=O)CNc2ccc(C)cc2F)c1. The Morgan fingerprint density at radius 3 is 2.59 bits per heavy atom. The van der Waals surface area contributed by atoms with Gasteiger partial charge in [-0.15, -0.1) is 0 Å². The van der Waals surface area contributed by atoms with Crippen molar-refractivity contribution in [3.63, 3.8) is 0 Å². The fourth-order valence-electron chi connectivity index (χ4n) is 1.96. The van der Waals surface area contributed by atoms with Gasteiger partial charge in [0.25, 0.3) is 0 Å². The molecule has 0 aliphatic carbocycles. The second-order valence-electron chi connectivity index (χ2n) is 5.02. The van der Waals surface area contributed by atoms with E-state index in [-0.39, 0.29) is 23.9 Å². The maximum Gasteiger partial charge on any atom is 0.243 e. The fourth-order valence-corrected chi connectivity index (χ4v) is 1.96. The minimum Gasteiger partial charge on any atom is -0.374 e. The molecule has 1 amide bonds. The van der Waals surface area contributed by atoms with Crippen molar-refractivity contribution < 1.29 is 14.0 Å². The van der Waals surface area contributed by atoms with E-state index in [1.165, 1.54) is 13.0 Å². The van der Waals surface area contributed by atoms with Gasteiger partial charge < -0.3 is 10.6 Å². The van der Waals surface area contributed by atoms with Crippen LogP contribution in [0.25, 0.3) is 0 Å². The van der Waals surface area contributed by atoms with E-state index in [1.807, 2.05) is 0 Å². The molecule has 0 unspecified atom stereocenters. The average Bonchev–Trinajstić information content (AvgIpc) is 2.46. The van der Waals surface area contributed by atoms with Crippen LogP contribution in [0, 0.1) is 12.7 Å². The number of carbonyl (C=O) groups excluding carboxylic acids is 2. The molecule has 0 aliphatic rings. The van der Waals surface area contributed by atoms with E-state index in [0.29, 0.717) is 11.3 Å². The molecule has 2 rings (SSSR count). The van der Waals surface area contributed by atoms with Gasteiger partial charge in [-0.3, -0.25) is 9.59 Å². The number of aryl methyl sites for hydroxylation is 1. The summed E-state index contributed by atoms with van der Waals surface area (Å²) in [7, 11) is 0. The van der Waals surface area contributed by atoms with Crippen LogP contribution < -0.4 is 10.6 Å². The number of rotatable bonds is 5. The van der Waals surface area contributed by atoms with Crippen molar-refractivity contribution >= 4 is 23.1 Å². The van der Waals surface area contributed by atoms with Crippen LogP contribution >= 0.6 is 0 Å². The summed E-state index contributed by atoms with van der Waals surface area (Å²) in [6.07, 6.45) is 0. The number of amides is 1. The molecule has 0 bridgehead atoms. The molecule has 5 heteroatoms. The molecule has 0 saturated heterocycles. The smallest absolute Gasteiger partial charge is 0.243 e. The zero-order chi connectivity index (χ0) is 16.1. The third-order valence-electron chi connectivity index (χ3n) is 3.12. The number of Topliss-reactive ketones (excluding diaryl/α,β-unsaturated/α-hetero) is 1. The van der Waals surface area contributed by atoms with E-state index in [2.05, 4.69) is 10.6 Å². The maximum atomic E-state index is 13.6. The molecular weight excluding hydrogens is 283 g/mol. The molecule has 0 aliphatic heterocycles. The number of nitrogens with one attached hydrogen (secondary N) is 2. The van der Waals surface area contributed by atoms with Gasteiger partial charge in [-0.1, -0.05) is 18.2 Å². The number of halogens is 1. The Morgan fingerprint density at radius 2 is 1.91 bits per heavy atom. The molecule has 114 valence electrons. The summed E-state index contributed by atoms with van der Waals surface area (Å²) >= 11 is 0. The van der Waals surface area contributed by atoms with E-state index < -0.39 is 5.82 Å². The third-order valence-corrected chi connectivity index (χ3v) is 3.12. The van der Waals surface area contributed by atoms with Crippen molar-refractivity contribution in [3.8, 4) is 0 Å². The first-order chi connectivity index (χ1) is 10.5. The summed E-state index contributed by atoms with van der Waals surface area (Å²) in [4.78, 5) is 23.2. The van der Waals surface area contributed by atoms with E-state index >= 15 is 0 Å². The summed E-state index contributed by atoms with van der Waals surface area (Å²) in [5.41, 5.74) is 2.14. The third kappa shape index (κ3) is 4.15. The van der Waals surface area contributed by atoms with Crippen LogP contribution in [-0.4, -0.2) is 18.2 Å². The summed E-state index contributed by atoms with van der Waals surface area (Å²) in [6, 6.07) is 11.4. The first-order valence-corrected chi connectivity index (χ1v) is 6.86. The van der Waals surface area contributed by atoms with Crippen LogP contribution in [0.2, 0.25) is 0 Å². The monoisotopic (exact) mass is 300 g/mol. The first kappa shape index (κ1) is 15.7. The molecule has 0 fully saturated rings. The largest absolute Gasteiger partial charge is 0.374 e. The van der Waals surface area contributed by atoms with Gasteiger partial charge in [0.2, 0.25) is 5.91 Å². The average molecular weight is 300 g/mol. The highest BCUT2D eigenvalue weighted by Crippen LogP contribution is 2.15. The van der Waals surface area contributed by atoms with Crippen molar-refractivity contribution in [2.24, 2.45) is 0 Å². The zero-order valence-electron chi connectivity index (χ0n) is 12.4. The Balaban J connectivity index is 1.95. The van der Waals surface area contributed by atoms with E-state index in [1.54, 1.807) is 43.3 Å². The molecule has 2 N–H and O–H groups in total. The van der Waals surface area contributed by atoms with Gasteiger partial charge >= 0.3 is 0 Å². The van der Waals surface area contributed by atoms with E-state index in [4.69, 9.17) is 0 Å². The molecule has 0 saturated carbocycles. The summed E-state index contributed by atoms with van der Waals surface area (Å²) in [6.45, 7) is 3.19. The van der Waals surface area contributed by atoms with Gasteiger partial charge in [-0.25, -0.2) is 4.39 Å². The molecule has 0 atom stereocenters. The predicted octanol–water partition coefficient (Wildman–Crippen LogP) is 3.39. The molecule has 22 heavy (non-hydrogen) atoms. The Kier molecular flexibility index (Phi) is 4.88. The lowest BCUT2D eigenvalue weighted by Gasteiger charge is -2.09. The Morgan fingerprint density at radius 1 is 1.14 bits per heavy atom. The molecule has 0 spiro atoms. The fraction of sp³-hybridized carbons (Fsp3) is 0.176. The molecule has 4 nitrogen and oxygen atoms in total. The molecule has 2 aromatic rings. The van der Waals surface area contributed by atoms with Crippen LogP contribution in [0.5, 0.6) is 0 Å².